The molecule has 0 aliphatic heterocycles. The molecule has 112 valence electrons. The number of rotatable bonds is 6. The summed E-state index contributed by atoms with van der Waals surface area (Å²) in [4.78, 5) is 0. The molecular formula is C16H16BrCl2NO. The number of benzene rings is 2. The van der Waals surface area contributed by atoms with Gasteiger partial charge in [-0.15, -0.1) is 0 Å². The summed E-state index contributed by atoms with van der Waals surface area (Å²) < 4.78 is 6.94. The molecule has 0 aliphatic rings. The van der Waals surface area contributed by atoms with Crippen LogP contribution in [-0.4, -0.2) is 6.54 Å². The highest BCUT2D eigenvalue weighted by Crippen LogP contribution is 2.28. The highest BCUT2D eigenvalue weighted by Gasteiger charge is 2.08. The lowest BCUT2D eigenvalue weighted by Gasteiger charge is -2.13. The van der Waals surface area contributed by atoms with Crippen molar-refractivity contribution in [2.75, 3.05) is 6.54 Å². The smallest absolute Gasteiger partial charge is 0.124 e. The van der Waals surface area contributed by atoms with Crippen molar-refractivity contribution < 1.29 is 4.74 Å². The Balaban J connectivity index is 2.14. The van der Waals surface area contributed by atoms with Crippen molar-refractivity contribution in [3.8, 4) is 5.75 Å². The third-order valence-electron chi connectivity index (χ3n) is 3.00. The van der Waals surface area contributed by atoms with Gasteiger partial charge in [0.25, 0.3) is 0 Å². The molecule has 0 saturated heterocycles. The van der Waals surface area contributed by atoms with Crippen LogP contribution in [-0.2, 0) is 13.2 Å². The largest absolute Gasteiger partial charge is 0.489 e. The van der Waals surface area contributed by atoms with Crippen molar-refractivity contribution in [2.24, 2.45) is 0 Å². The Morgan fingerprint density at radius 1 is 1.14 bits per heavy atom. The van der Waals surface area contributed by atoms with E-state index >= 15 is 0 Å². The molecule has 0 aliphatic carbocycles. The summed E-state index contributed by atoms with van der Waals surface area (Å²) in [5, 5.41) is 4.39. The minimum Gasteiger partial charge on any atom is -0.489 e. The molecule has 0 unspecified atom stereocenters. The fourth-order valence-corrected chi connectivity index (χ4v) is 2.69. The Labute approximate surface area is 143 Å². The molecule has 0 bridgehead atoms. The monoisotopic (exact) mass is 387 g/mol. The SMILES string of the molecule is CCNCc1cc(Br)ccc1OCc1cccc(Cl)c1Cl. The van der Waals surface area contributed by atoms with Gasteiger partial charge in [0.1, 0.15) is 12.4 Å². The lowest BCUT2D eigenvalue weighted by molar-refractivity contribution is 0.302. The quantitative estimate of drug-likeness (QED) is 0.710. The van der Waals surface area contributed by atoms with Crippen molar-refractivity contribution >= 4 is 39.1 Å². The Hall–Kier alpha value is -0.740. The average molecular weight is 389 g/mol. The van der Waals surface area contributed by atoms with Crippen LogP contribution in [0, 0.1) is 0 Å². The molecule has 1 N–H and O–H groups in total. The summed E-state index contributed by atoms with van der Waals surface area (Å²) in [7, 11) is 0. The number of hydrogen-bond donors (Lipinski definition) is 1. The molecule has 0 amide bonds. The molecule has 0 spiro atoms. The maximum atomic E-state index is 6.18. The molecule has 0 saturated carbocycles. The average Bonchev–Trinajstić information content (AvgIpc) is 2.48. The van der Waals surface area contributed by atoms with Crippen LogP contribution >= 0.6 is 39.1 Å². The van der Waals surface area contributed by atoms with E-state index in [1.54, 1.807) is 6.07 Å². The Bertz CT molecular complexity index is 619. The molecular weight excluding hydrogens is 373 g/mol. The van der Waals surface area contributed by atoms with Crippen LogP contribution in [0.3, 0.4) is 0 Å². The van der Waals surface area contributed by atoms with Gasteiger partial charge in [0.05, 0.1) is 10.0 Å². The molecule has 0 aromatic heterocycles. The van der Waals surface area contributed by atoms with Gasteiger partial charge >= 0.3 is 0 Å². The lowest BCUT2D eigenvalue weighted by Crippen LogP contribution is -2.13. The van der Waals surface area contributed by atoms with Crippen LogP contribution < -0.4 is 10.1 Å². The highest BCUT2D eigenvalue weighted by atomic mass is 79.9. The standard InChI is InChI=1S/C16H16BrCl2NO/c1-2-20-9-12-8-13(17)6-7-15(12)21-10-11-4-3-5-14(18)16(11)19/h3-8,20H,2,9-10H2,1H3. The molecule has 2 rings (SSSR count). The van der Waals surface area contributed by atoms with Crippen molar-refractivity contribution in [1.29, 1.82) is 0 Å². The molecule has 5 heteroatoms. The van der Waals surface area contributed by atoms with Gasteiger partial charge in [0.2, 0.25) is 0 Å². The van der Waals surface area contributed by atoms with E-state index in [0.29, 0.717) is 16.7 Å². The van der Waals surface area contributed by atoms with Gasteiger partial charge in [-0.2, -0.15) is 0 Å². The minimum absolute atomic E-state index is 0.389. The molecule has 0 heterocycles. The van der Waals surface area contributed by atoms with Crippen LogP contribution in [0.25, 0.3) is 0 Å². The number of halogens is 3. The van der Waals surface area contributed by atoms with Crippen LogP contribution in [0.15, 0.2) is 40.9 Å². The van der Waals surface area contributed by atoms with Crippen molar-refractivity contribution in [1.82, 2.24) is 5.32 Å². The number of nitrogens with one attached hydrogen (secondary N) is 1. The van der Waals surface area contributed by atoms with Gasteiger partial charge < -0.3 is 10.1 Å². The first-order valence-corrected chi connectivity index (χ1v) is 8.21. The summed E-state index contributed by atoms with van der Waals surface area (Å²) in [6.07, 6.45) is 0. The molecule has 0 fully saturated rings. The zero-order chi connectivity index (χ0) is 15.2. The van der Waals surface area contributed by atoms with E-state index < -0.39 is 0 Å². The fourth-order valence-electron chi connectivity index (χ4n) is 1.90. The number of hydrogen-bond acceptors (Lipinski definition) is 2. The van der Waals surface area contributed by atoms with Crippen LogP contribution in [0.2, 0.25) is 10.0 Å². The summed E-state index contributed by atoms with van der Waals surface area (Å²) in [6, 6.07) is 11.5. The highest BCUT2D eigenvalue weighted by molar-refractivity contribution is 9.10. The second-order valence-electron chi connectivity index (χ2n) is 4.53. The second-order valence-corrected chi connectivity index (χ2v) is 6.23. The third kappa shape index (κ3) is 4.62. The third-order valence-corrected chi connectivity index (χ3v) is 4.35. The molecule has 21 heavy (non-hydrogen) atoms. The normalized spacial score (nSPS) is 10.7. The first-order chi connectivity index (χ1) is 10.1. The van der Waals surface area contributed by atoms with Crippen LogP contribution in [0.1, 0.15) is 18.1 Å². The Kier molecular flexibility index (Phi) is 6.37. The zero-order valence-electron chi connectivity index (χ0n) is 11.6. The molecule has 2 nitrogen and oxygen atoms in total. The number of ether oxygens (including phenoxy) is 1. The van der Waals surface area contributed by atoms with Gasteiger partial charge in [-0.1, -0.05) is 58.2 Å². The fraction of sp³-hybridized carbons (Fsp3) is 0.250. The Morgan fingerprint density at radius 2 is 1.95 bits per heavy atom. The van der Waals surface area contributed by atoms with Crippen molar-refractivity contribution in [2.45, 2.75) is 20.1 Å². The van der Waals surface area contributed by atoms with Crippen LogP contribution in [0.5, 0.6) is 5.75 Å². The van der Waals surface area contributed by atoms with E-state index in [2.05, 4.69) is 34.2 Å². The summed E-state index contributed by atoms with van der Waals surface area (Å²) in [5.74, 6) is 0.843. The van der Waals surface area contributed by atoms with E-state index in [1.165, 1.54) is 0 Å². The molecule has 0 radical (unpaired) electrons. The molecule has 0 atom stereocenters. The van der Waals surface area contributed by atoms with Crippen molar-refractivity contribution in [3.05, 3.63) is 62.0 Å². The predicted octanol–water partition coefficient (Wildman–Crippen LogP) is 5.44. The first kappa shape index (κ1) is 16.6. The van der Waals surface area contributed by atoms with Crippen molar-refractivity contribution in [3.63, 3.8) is 0 Å². The van der Waals surface area contributed by atoms with E-state index in [9.17, 15) is 0 Å². The molecule has 2 aromatic carbocycles. The predicted molar refractivity (Wildman–Crippen MR) is 92.3 cm³/mol. The van der Waals surface area contributed by atoms with E-state index in [1.807, 2.05) is 24.3 Å². The second kappa shape index (κ2) is 8.04. The maximum Gasteiger partial charge on any atom is 0.124 e. The molecule has 2 aromatic rings. The van der Waals surface area contributed by atoms with E-state index in [-0.39, 0.29) is 0 Å². The lowest BCUT2D eigenvalue weighted by atomic mass is 10.2. The summed E-state index contributed by atoms with van der Waals surface area (Å²) in [5.41, 5.74) is 1.98. The van der Waals surface area contributed by atoms with Gasteiger partial charge in [-0.3, -0.25) is 0 Å². The zero-order valence-corrected chi connectivity index (χ0v) is 14.7. The summed E-state index contributed by atoms with van der Waals surface area (Å²) in [6.45, 7) is 4.13. The Morgan fingerprint density at radius 3 is 2.71 bits per heavy atom. The summed E-state index contributed by atoms with van der Waals surface area (Å²) >= 11 is 15.7. The van der Waals surface area contributed by atoms with Gasteiger partial charge in [0.15, 0.2) is 0 Å². The van der Waals surface area contributed by atoms with E-state index in [0.717, 1.165) is 34.4 Å². The van der Waals surface area contributed by atoms with Gasteiger partial charge in [-0.05, 0) is 30.8 Å². The van der Waals surface area contributed by atoms with Gasteiger partial charge in [-0.25, -0.2) is 0 Å². The first-order valence-electron chi connectivity index (χ1n) is 6.66. The van der Waals surface area contributed by atoms with Gasteiger partial charge in [0, 0.05) is 22.1 Å². The van der Waals surface area contributed by atoms with E-state index in [4.69, 9.17) is 27.9 Å². The van der Waals surface area contributed by atoms with Crippen LogP contribution in [0.4, 0.5) is 0 Å². The maximum absolute atomic E-state index is 6.18. The minimum atomic E-state index is 0.389. The topological polar surface area (TPSA) is 21.3 Å².